The van der Waals surface area contributed by atoms with Gasteiger partial charge in [-0.05, 0) is 49.8 Å². The van der Waals surface area contributed by atoms with E-state index < -0.39 is 11.8 Å². The summed E-state index contributed by atoms with van der Waals surface area (Å²) in [5, 5.41) is 16.7. The van der Waals surface area contributed by atoms with Crippen LogP contribution in [0.4, 0.5) is 8.78 Å². The number of carbonyl (C=O) groups excluding carboxylic acids is 1. The zero-order valence-electron chi connectivity index (χ0n) is 19.4. The summed E-state index contributed by atoms with van der Waals surface area (Å²) in [5.41, 5.74) is 1.23. The monoisotopic (exact) mass is 474 g/mol. The molecule has 7 nitrogen and oxygen atoms in total. The van der Waals surface area contributed by atoms with Crippen molar-refractivity contribution in [2.45, 2.75) is 38.6 Å². The minimum Gasteiger partial charge on any atom is -0.349 e. The lowest BCUT2D eigenvalue weighted by atomic mass is 9.87. The van der Waals surface area contributed by atoms with Gasteiger partial charge in [-0.15, -0.1) is 5.10 Å². The number of rotatable bonds is 4. The molecule has 1 fully saturated rings. The molecule has 178 valence electrons. The van der Waals surface area contributed by atoms with E-state index in [2.05, 4.69) is 28.4 Å². The van der Waals surface area contributed by atoms with Crippen LogP contribution in [0, 0.1) is 29.0 Å². The summed E-state index contributed by atoms with van der Waals surface area (Å²) >= 11 is 0. The lowest BCUT2D eigenvalue weighted by Gasteiger charge is -2.26. The van der Waals surface area contributed by atoms with Crippen molar-refractivity contribution in [3.05, 3.63) is 65.7 Å². The molecule has 0 bridgehead atoms. The number of hydrogen-bond donors (Lipinski definition) is 1. The van der Waals surface area contributed by atoms with Crippen molar-refractivity contribution >= 4 is 11.6 Å². The number of halogens is 2. The number of amides is 1. The molecule has 5 rings (SSSR count). The number of benzene rings is 1. The molecule has 0 saturated heterocycles. The van der Waals surface area contributed by atoms with E-state index in [0.29, 0.717) is 17.1 Å². The van der Waals surface area contributed by atoms with Crippen molar-refractivity contribution in [1.82, 2.24) is 24.5 Å². The van der Waals surface area contributed by atoms with Crippen molar-refractivity contribution in [3.63, 3.8) is 0 Å². The van der Waals surface area contributed by atoms with Crippen molar-refractivity contribution < 1.29 is 13.6 Å². The van der Waals surface area contributed by atoms with Crippen LogP contribution in [0.15, 0.2) is 42.7 Å². The molecule has 9 heteroatoms. The fourth-order valence-electron chi connectivity index (χ4n) is 4.77. The molecule has 4 aromatic rings. The molecule has 0 atom stereocenters. The van der Waals surface area contributed by atoms with Gasteiger partial charge in [0, 0.05) is 42.2 Å². The molecule has 1 N–H and O–H groups in total. The maximum atomic E-state index is 15.1. The number of pyridine rings is 1. The van der Waals surface area contributed by atoms with Crippen LogP contribution in [0.2, 0.25) is 0 Å². The van der Waals surface area contributed by atoms with Crippen LogP contribution in [0.3, 0.4) is 0 Å². The standard InChI is InChI=1S/C26H24F2N6O/c1-15-6-8-17(9-7-15)30-26(35)16-10-11-34-21(13-29)24(31-22(34)12-16)23-18(4-3-5-20(23)27)19-14-33(2)32-25(19)28/h3-5,10-12,14-15,17H,6-9H2,1-2H3,(H,30,35). The van der Waals surface area contributed by atoms with Gasteiger partial charge in [0.05, 0.1) is 5.56 Å². The molecule has 1 aromatic carbocycles. The normalized spacial score (nSPS) is 17.9. The highest BCUT2D eigenvalue weighted by atomic mass is 19.1. The van der Waals surface area contributed by atoms with Crippen molar-refractivity contribution in [2.75, 3.05) is 0 Å². The van der Waals surface area contributed by atoms with E-state index >= 15 is 4.39 Å². The molecular formula is C26H24F2N6O. The number of aryl methyl sites for hydroxylation is 1. The van der Waals surface area contributed by atoms with Crippen molar-refractivity contribution in [2.24, 2.45) is 13.0 Å². The number of nitriles is 1. The topological polar surface area (TPSA) is 88.0 Å². The predicted octanol–water partition coefficient (Wildman–Crippen LogP) is 4.86. The number of hydrogen-bond acceptors (Lipinski definition) is 4. The maximum Gasteiger partial charge on any atom is 0.251 e. The first-order chi connectivity index (χ1) is 16.9. The third kappa shape index (κ3) is 4.16. The first-order valence-corrected chi connectivity index (χ1v) is 11.6. The van der Waals surface area contributed by atoms with Gasteiger partial charge in [0.25, 0.3) is 5.91 Å². The van der Waals surface area contributed by atoms with Gasteiger partial charge >= 0.3 is 0 Å². The second-order valence-electron chi connectivity index (χ2n) is 9.16. The Morgan fingerprint density at radius 3 is 2.63 bits per heavy atom. The van der Waals surface area contributed by atoms with Crippen LogP contribution in [-0.4, -0.2) is 31.1 Å². The molecule has 3 heterocycles. The summed E-state index contributed by atoms with van der Waals surface area (Å²) in [6, 6.07) is 9.68. The van der Waals surface area contributed by atoms with Crippen LogP contribution >= 0.6 is 0 Å². The average Bonchev–Trinajstić information content (AvgIpc) is 3.37. The zero-order chi connectivity index (χ0) is 24.7. The Morgan fingerprint density at radius 1 is 1.17 bits per heavy atom. The average molecular weight is 475 g/mol. The number of carbonyl (C=O) groups is 1. The van der Waals surface area contributed by atoms with E-state index in [1.54, 1.807) is 31.4 Å². The number of imidazole rings is 1. The summed E-state index contributed by atoms with van der Waals surface area (Å²) in [6.07, 6.45) is 7.09. The summed E-state index contributed by atoms with van der Waals surface area (Å²) < 4.78 is 32.4. The van der Waals surface area contributed by atoms with E-state index in [9.17, 15) is 14.4 Å². The fraction of sp³-hybridized carbons (Fsp3) is 0.308. The molecule has 0 radical (unpaired) electrons. The van der Waals surface area contributed by atoms with Crippen LogP contribution < -0.4 is 5.32 Å². The van der Waals surface area contributed by atoms with Crippen LogP contribution in [0.25, 0.3) is 28.0 Å². The van der Waals surface area contributed by atoms with Crippen molar-refractivity contribution in [3.8, 4) is 28.5 Å². The molecule has 1 saturated carbocycles. The molecule has 1 aliphatic carbocycles. The Hall–Kier alpha value is -4.06. The highest BCUT2D eigenvalue weighted by molar-refractivity contribution is 5.95. The van der Waals surface area contributed by atoms with Gasteiger partial charge in [-0.25, -0.2) is 9.37 Å². The molecule has 35 heavy (non-hydrogen) atoms. The van der Waals surface area contributed by atoms with Gasteiger partial charge in [-0.3, -0.25) is 13.9 Å². The molecule has 3 aromatic heterocycles. The first kappa shape index (κ1) is 22.7. The van der Waals surface area contributed by atoms with Gasteiger partial charge in [0.2, 0.25) is 5.95 Å². The largest absolute Gasteiger partial charge is 0.349 e. The third-order valence-corrected chi connectivity index (χ3v) is 6.67. The van der Waals surface area contributed by atoms with Crippen LogP contribution in [0.1, 0.15) is 48.7 Å². The van der Waals surface area contributed by atoms with E-state index in [4.69, 9.17) is 0 Å². The minimum atomic E-state index is -0.752. The van der Waals surface area contributed by atoms with E-state index in [0.717, 1.165) is 25.7 Å². The lowest BCUT2D eigenvalue weighted by Crippen LogP contribution is -2.37. The molecule has 0 spiro atoms. The van der Waals surface area contributed by atoms with E-state index in [-0.39, 0.29) is 40.0 Å². The predicted molar refractivity (Wildman–Crippen MR) is 126 cm³/mol. The van der Waals surface area contributed by atoms with E-state index in [1.807, 2.05) is 0 Å². The van der Waals surface area contributed by atoms with Gasteiger partial charge in [0.1, 0.15) is 23.2 Å². The summed E-state index contributed by atoms with van der Waals surface area (Å²) in [4.78, 5) is 17.4. The molecule has 1 amide bonds. The second kappa shape index (κ2) is 8.95. The highest BCUT2D eigenvalue weighted by Gasteiger charge is 2.25. The number of fused-ring (bicyclic) bond motifs is 1. The van der Waals surface area contributed by atoms with E-state index in [1.165, 1.54) is 27.4 Å². The van der Waals surface area contributed by atoms with Crippen LogP contribution in [0.5, 0.6) is 0 Å². The minimum absolute atomic E-state index is 0.00183. The molecule has 0 unspecified atom stereocenters. The Labute approximate surface area is 201 Å². The summed E-state index contributed by atoms with van der Waals surface area (Å²) in [6.45, 7) is 2.22. The molecule has 0 aliphatic heterocycles. The number of nitrogens with one attached hydrogen (secondary N) is 1. The zero-order valence-corrected chi connectivity index (χ0v) is 19.4. The van der Waals surface area contributed by atoms with Crippen LogP contribution in [-0.2, 0) is 7.05 Å². The Kier molecular flexibility index (Phi) is 5.81. The first-order valence-electron chi connectivity index (χ1n) is 11.6. The Balaban J connectivity index is 1.56. The highest BCUT2D eigenvalue weighted by Crippen LogP contribution is 2.37. The smallest absolute Gasteiger partial charge is 0.251 e. The van der Waals surface area contributed by atoms with Gasteiger partial charge in [-0.1, -0.05) is 19.1 Å². The molecular weight excluding hydrogens is 450 g/mol. The lowest BCUT2D eigenvalue weighted by molar-refractivity contribution is 0.0923. The Morgan fingerprint density at radius 2 is 1.94 bits per heavy atom. The van der Waals surface area contributed by atoms with Gasteiger partial charge in [-0.2, -0.15) is 9.65 Å². The van der Waals surface area contributed by atoms with Gasteiger partial charge in [0.15, 0.2) is 5.69 Å². The number of nitrogens with zero attached hydrogens (tertiary/aromatic N) is 5. The Bertz CT molecular complexity index is 1470. The SMILES string of the molecule is CC1CCC(NC(=O)c2ccn3c(C#N)c(-c4c(F)cccc4-c4cn(C)nc4F)nc3c2)CC1. The van der Waals surface area contributed by atoms with Gasteiger partial charge < -0.3 is 5.32 Å². The summed E-state index contributed by atoms with van der Waals surface area (Å²) in [7, 11) is 1.57. The molecule has 1 aliphatic rings. The summed E-state index contributed by atoms with van der Waals surface area (Å²) in [5.74, 6) is -0.928. The number of aromatic nitrogens is 4. The quantitative estimate of drug-likeness (QED) is 0.458. The fourth-order valence-corrected chi connectivity index (χ4v) is 4.77. The third-order valence-electron chi connectivity index (χ3n) is 6.67. The second-order valence-corrected chi connectivity index (χ2v) is 9.16. The van der Waals surface area contributed by atoms with Crippen molar-refractivity contribution in [1.29, 1.82) is 5.26 Å². The maximum absolute atomic E-state index is 15.1.